The van der Waals surface area contributed by atoms with Crippen LogP contribution in [0.5, 0.6) is 0 Å². The Hall–Kier alpha value is -0.980. The zero-order valence-corrected chi connectivity index (χ0v) is 12.2. The molecule has 2 N–H and O–H groups in total. The van der Waals surface area contributed by atoms with Gasteiger partial charge in [-0.15, -0.1) is 0 Å². The third kappa shape index (κ3) is 3.32. The highest BCUT2D eigenvalue weighted by Crippen LogP contribution is 2.26. The lowest BCUT2D eigenvalue weighted by atomic mass is 10.0. The molecule has 0 aliphatic carbocycles. The summed E-state index contributed by atoms with van der Waals surface area (Å²) in [5, 5.41) is 5.83. The molecule has 0 radical (unpaired) electrons. The van der Waals surface area contributed by atoms with E-state index in [0.29, 0.717) is 17.7 Å². The first kappa shape index (κ1) is 14.4. The highest BCUT2D eigenvalue weighted by Gasteiger charge is 2.33. The van der Waals surface area contributed by atoms with Gasteiger partial charge in [-0.2, -0.15) is 0 Å². The van der Waals surface area contributed by atoms with Gasteiger partial charge in [-0.05, 0) is 34.6 Å². The van der Waals surface area contributed by atoms with E-state index in [1.165, 1.54) is 6.07 Å². The van der Waals surface area contributed by atoms with Crippen LogP contribution in [0.25, 0.3) is 0 Å². The molecule has 0 spiro atoms. The fraction of sp³-hybridized carbons (Fsp3) is 0.462. The van der Waals surface area contributed by atoms with Crippen LogP contribution in [-0.4, -0.2) is 31.7 Å². The monoisotopic (exact) mass is 330 g/mol. The van der Waals surface area contributed by atoms with Gasteiger partial charge in [0.25, 0.3) is 0 Å². The van der Waals surface area contributed by atoms with Crippen LogP contribution in [0.2, 0.25) is 0 Å². The Morgan fingerprint density at radius 2 is 2.32 bits per heavy atom. The van der Waals surface area contributed by atoms with Crippen LogP contribution in [0, 0.1) is 11.7 Å². The zero-order chi connectivity index (χ0) is 13.8. The van der Waals surface area contributed by atoms with Gasteiger partial charge in [0.1, 0.15) is 5.82 Å². The SMILES string of the molecule is CCNC1COCC1C(=O)Nc1c(F)cccc1Br. The average Bonchev–Trinajstić information content (AvgIpc) is 2.83. The van der Waals surface area contributed by atoms with Crippen molar-refractivity contribution in [2.45, 2.75) is 13.0 Å². The molecule has 0 saturated carbocycles. The van der Waals surface area contributed by atoms with Crippen LogP contribution < -0.4 is 10.6 Å². The van der Waals surface area contributed by atoms with Crippen molar-refractivity contribution in [3.63, 3.8) is 0 Å². The first-order valence-electron chi connectivity index (χ1n) is 6.19. The van der Waals surface area contributed by atoms with Gasteiger partial charge < -0.3 is 15.4 Å². The molecule has 1 aliphatic heterocycles. The van der Waals surface area contributed by atoms with Crippen molar-refractivity contribution in [1.82, 2.24) is 5.32 Å². The van der Waals surface area contributed by atoms with Crippen molar-refractivity contribution in [3.05, 3.63) is 28.5 Å². The maximum atomic E-state index is 13.7. The standard InChI is InChI=1S/C13H16BrFN2O2/c1-2-16-11-7-19-6-8(11)13(18)17-12-9(14)4-3-5-10(12)15/h3-5,8,11,16H,2,6-7H2,1H3,(H,17,18). The van der Waals surface area contributed by atoms with Crippen molar-refractivity contribution >= 4 is 27.5 Å². The molecule has 2 unspecified atom stereocenters. The molecule has 1 saturated heterocycles. The number of likely N-dealkylation sites (N-methyl/N-ethyl adjacent to an activating group) is 1. The van der Waals surface area contributed by atoms with E-state index in [1.54, 1.807) is 12.1 Å². The van der Waals surface area contributed by atoms with E-state index in [4.69, 9.17) is 4.74 Å². The van der Waals surface area contributed by atoms with Crippen LogP contribution in [0.3, 0.4) is 0 Å². The second-order valence-corrected chi connectivity index (χ2v) is 5.25. The van der Waals surface area contributed by atoms with E-state index in [-0.39, 0.29) is 23.6 Å². The third-order valence-electron chi connectivity index (χ3n) is 3.09. The molecule has 1 amide bonds. The van der Waals surface area contributed by atoms with E-state index in [2.05, 4.69) is 26.6 Å². The Morgan fingerprint density at radius 1 is 1.53 bits per heavy atom. The first-order chi connectivity index (χ1) is 9.13. The molecule has 1 fully saturated rings. The molecule has 0 bridgehead atoms. The molecule has 1 aromatic carbocycles. The quantitative estimate of drug-likeness (QED) is 0.889. The summed E-state index contributed by atoms with van der Waals surface area (Å²) in [5.74, 6) is -0.984. The summed E-state index contributed by atoms with van der Waals surface area (Å²) < 4.78 is 19.5. The molecular formula is C13H16BrFN2O2. The predicted octanol–water partition coefficient (Wildman–Crippen LogP) is 2.15. The van der Waals surface area contributed by atoms with Gasteiger partial charge in [0, 0.05) is 10.5 Å². The van der Waals surface area contributed by atoms with Crippen LogP contribution in [0.1, 0.15) is 6.92 Å². The van der Waals surface area contributed by atoms with Crippen LogP contribution in [0.4, 0.5) is 10.1 Å². The maximum absolute atomic E-state index is 13.7. The molecule has 1 heterocycles. The number of carbonyl (C=O) groups excluding carboxylic acids is 1. The molecule has 104 valence electrons. The number of carbonyl (C=O) groups is 1. The number of para-hydroxylation sites is 1. The van der Waals surface area contributed by atoms with E-state index < -0.39 is 5.82 Å². The predicted molar refractivity (Wildman–Crippen MR) is 74.5 cm³/mol. The maximum Gasteiger partial charge on any atom is 0.231 e. The Labute approximate surface area is 119 Å². The summed E-state index contributed by atoms with van der Waals surface area (Å²) in [5.41, 5.74) is 0.176. The summed E-state index contributed by atoms with van der Waals surface area (Å²) in [6.07, 6.45) is 0. The number of hydrogen-bond donors (Lipinski definition) is 2. The summed E-state index contributed by atoms with van der Waals surface area (Å²) in [6, 6.07) is 4.56. The smallest absolute Gasteiger partial charge is 0.231 e. The topological polar surface area (TPSA) is 50.4 Å². The lowest BCUT2D eigenvalue weighted by Gasteiger charge is -2.18. The van der Waals surface area contributed by atoms with Gasteiger partial charge in [0.15, 0.2) is 0 Å². The Morgan fingerprint density at radius 3 is 3.00 bits per heavy atom. The number of ether oxygens (including phenoxy) is 1. The number of rotatable bonds is 4. The fourth-order valence-corrected chi connectivity index (χ4v) is 2.55. The molecule has 2 rings (SSSR count). The Kier molecular flexibility index (Phi) is 4.90. The summed E-state index contributed by atoms with van der Waals surface area (Å²) >= 11 is 3.23. The first-order valence-corrected chi connectivity index (χ1v) is 6.98. The van der Waals surface area contributed by atoms with Crippen LogP contribution in [-0.2, 0) is 9.53 Å². The summed E-state index contributed by atoms with van der Waals surface area (Å²) in [6.45, 7) is 3.60. The molecule has 1 aromatic rings. The van der Waals surface area contributed by atoms with Crippen LogP contribution >= 0.6 is 15.9 Å². The Balaban J connectivity index is 2.08. The largest absolute Gasteiger partial charge is 0.379 e. The van der Waals surface area contributed by atoms with Gasteiger partial charge >= 0.3 is 0 Å². The molecule has 19 heavy (non-hydrogen) atoms. The fourth-order valence-electron chi connectivity index (χ4n) is 2.11. The van der Waals surface area contributed by atoms with Gasteiger partial charge in [-0.3, -0.25) is 4.79 Å². The van der Waals surface area contributed by atoms with E-state index in [9.17, 15) is 9.18 Å². The molecule has 1 aliphatic rings. The highest BCUT2D eigenvalue weighted by molar-refractivity contribution is 9.10. The summed E-state index contributed by atoms with van der Waals surface area (Å²) in [4.78, 5) is 12.2. The third-order valence-corrected chi connectivity index (χ3v) is 3.76. The minimum atomic E-state index is -0.457. The number of anilines is 1. The molecule has 6 heteroatoms. The molecule has 2 atom stereocenters. The molecule has 0 aromatic heterocycles. The minimum absolute atomic E-state index is 0.0180. The number of hydrogen-bond acceptors (Lipinski definition) is 3. The average molecular weight is 331 g/mol. The van der Waals surface area contributed by atoms with Crippen molar-refractivity contribution in [1.29, 1.82) is 0 Å². The summed E-state index contributed by atoms with van der Waals surface area (Å²) in [7, 11) is 0. The normalized spacial score (nSPS) is 22.5. The molecular weight excluding hydrogens is 315 g/mol. The van der Waals surface area contributed by atoms with Gasteiger partial charge in [-0.1, -0.05) is 13.0 Å². The minimum Gasteiger partial charge on any atom is -0.379 e. The van der Waals surface area contributed by atoms with Crippen molar-refractivity contribution in [2.24, 2.45) is 5.92 Å². The van der Waals surface area contributed by atoms with E-state index >= 15 is 0 Å². The van der Waals surface area contributed by atoms with E-state index in [1.807, 2.05) is 6.92 Å². The van der Waals surface area contributed by atoms with Crippen molar-refractivity contribution < 1.29 is 13.9 Å². The van der Waals surface area contributed by atoms with Gasteiger partial charge in [0.2, 0.25) is 5.91 Å². The lowest BCUT2D eigenvalue weighted by Crippen LogP contribution is -2.41. The molecule has 4 nitrogen and oxygen atoms in total. The van der Waals surface area contributed by atoms with Crippen molar-refractivity contribution in [3.8, 4) is 0 Å². The second-order valence-electron chi connectivity index (χ2n) is 4.39. The zero-order valence-electron chi connectivity index (χ0n) is 10.6. The van der Waals surface area contributed by atoms with Gasteiger partial charge in [0.05, 0.1) is 24.8 Å². The van der Waals surface area contributed by atoms with E-state index in [0.717, 1.165) is 6.54 Å². The number of halogens is 2. The van der Waals surface area contributed by atoms with Gasteiger partial charge in [-0.25, -0.2) is 4.39 Å². The lowest BCUT2D eigenvalue weighted by molar-refractivity contribution is -0.120. The van der Waals surface area contributed by atoms with Crippen LogP contribution in [0.15, 0.2) is 22.7 Å². The highest BCUT2D eigenvalue weighted by atomic mass is 79.9. The Bertz CT molecular complexity index is 450. The van der Waals surface area contributed by atoms with Crippen molar-refractivity contribution in [2.75, 3.05) is 25.1 Å². The second kappa shape index (κ2) is 6.45. The number of nitrogens with one attached hydrogen (secondary N) is 2. The number of benzene rings is 1. The number of amides is 1.